The van der Waals surface area contributed by atoms with Crippen LogP contribution in [0.2, 0.25) is 0 Å². The summed E-state index contributed by atoms with van der Waals surface area (Å²) in [6.45, 7) is 0. The Balaban J connectivity index is 2.46. The molecule has 0 spiro atoms. The van der Waals surface area contributed by atoms with Crippen LogP contribution in [0.25, 0.3) is 16.7 Å². The maximum atomic E-state index is 13.8. The summed E-state index contributed by atoms with van der Waals surface area (Å²) in [5.74, 6) is -5.74. The van der Waals surface area contributed by atoms with Gasteiger partial charge in [-0.1, -0.05) is 0 Å². The molecule has 0 amide bonds. The van der Waals surface area contributed by atoms with Crippen molar-refractivity contribution in [2.45, 2.75) is 0 Å². The second-order valence-corrected chi connectivity index (χ2v) is 4.65. The number of aromatic nitrogens is 2. The predicted molar refractivity (Wildman–Crippen MR) is 68.2 cm³/mol. The van der Waals surface area contributed by atoms with Gasteiger partial charge in [0.05, 0.1) is 11.2 Å². The zero-order valence-electron chi connectivity index (χ0n) is 10.1. The Hall–Kier alpha value is -2.22. The van der Waals surface area contributed by atoms with E-state index >= 15 is 0 Å². The third kappa shape index (κ3) is 2.11. The second-order valence-electron chi connectivity index (χ2n) is 4.27. The van der Waals surface area contributed by atoms with E-state index in [1.165, 1.54) is 0 Å². The topological polar surface area (TPSA) is 20.7 Å². The lowest BCUT2D eigenvalue weighted by molar-refractivity contribution is 0.491. The molecular weight excluding hydrogens is 311 g/mol. The summed E-state index contributed by atoms with van der Waals surface area (Å²) in [4.78, 5) is 2.41. The van der Waals surface area contributed by atoms with Gasteiger partial charge < -0.3 is 4.98 Å². The fourth-order valence-electron chi connectivity index (χ4n) is 2.08. The van der Waals surface area contributed by atoms with Crippen LogP contribution in [0.1, 0.15) is 0 Å². The maximum Gasteiger partial charge on any atom is 0.183 e. The summed E-state index contributed by atoms with van der Waals surface area (Å²) in [6, 6.07) is 2.54. The molecule has 1 N–H and O–H groups in total. The maximum absolute atomic E-state index is 13.8. The molecule has 0 fully saturated rings. The van der Waals surface area contributed by atoms with Crippen molar-refractivity contribution in [3.05, 3.63) is 58.1 Å². The van der Waals surface area contributed by atoms with Gasteiger partial charge in [0, 0.05) is 24.3 Å². The van der Waals surface area contributed by atoms with Gasteiger partial charge in [0.2, 0.25) is 0 Å². The number of halogens is 5. The minimum atomic E-state index is -1.43. The zero-order valence-corrected chi connectivity index (χ0v) is 10.9. The third-order valence-corrected chi connectivity index (χ3v) is 3.21. The molecule has 108 valence electrons. The molecule has 0 saturated heterocycles. The minimum Gasteiger partial charge on any atom is -0.328 e. The molecule has 0 radical (unpaired) electrons. The number of rotatable bonds is 1. The number of hydrogen-bond donors (Lipinski definition) is 1. The van der Waals surface area contributed by atoms with Crippen LogP contribution >= 0.6 is 12.2 Å². The highest BCUT2D eigenvalue weighted by Gasteiger charge is 2.18. The fourth-order valence-corrected chi connectivity index (χ4v) is 2.38. The molecule has 0 aliphatic rings. The van der Waals surface area contributed by atoms with Crippen LogP contribution in [0, 0.1) is 33.9 Å². The van der Waals surface area contributed by atoms with E-state index in [1.807, 2.05) is 0 Å². The van der Waals surface area contributed by atoms with Crippen molar-refractivity contribution in [1.29, 1.82) is 0 Å². The van der Waals surface area contributed by atoms with Crippen molar-refractivity contribution >= 4 is 23.3 Å². The van der Waals surface area contributed by atoms with Crippen molar-refractivity contribution in [3.63, 3.8) is 0 Å². The van der Waals surface area contributed by atoms with Crippen molar-refractivity contribution in [1.82, 2.24) is 9.55 Å². The van der Waals surface area contributed by atoms with Crippen LogP contribution in [-0.2, 0) is 0 Å². The predicted octanol–water partition coefficient (Wildman–Crippen LogP) is 4.38. The third-order valence-electron chi connectivity index (χ3n) is 2.92. The molecule has 21 heavy (non-hydrogen) atoms. The normalized spacial score (nSPS) is 11.3. The molecule has 8 heteroatoms. The van der Waals surface area contributed by atoms with Crippen molar-refractivity contribution in [2.24, 2.45) is 0 Å². The molecule has 3 rings (SSSR count). The average Bonchev–Trinajstić information content (AvgIpc) is 2.71. The first-order valence-electron chi connectivity index (χ1n) is 5.63. The standard InChI is InChI=1S/C13H5F5N2S/c14-5-1-7(16)11(18)9(3-5)20-10-4-6(15)2-8(17)12(10)19-13(20)21/h1-4H,(H,19,21). The van der Waals surface area contributed by atoms with E-state index < -0.39 is 34.8 Å². The van der Waals surface area contributed by atoms with E-state index in [-0.39, 0.29) is 15.8 Å². The lowest BCUT2D eigenvalue weighted by Gasteiger charge is -2.07. The molecule has 2 nitrogen and oxygen atoms in total. The molecule has 2 aromatic carbocycles. The van der Waals surface area contributed by atoms with Gasteiger partial charge >= 0.3 is 0 Å². The highest BCUT2D eigenvalue weighted by Crippen LogP contribution is 2.26. The molecule has 0 unspecified atom stereocenters. The molecule has 0 aliphatic heterocycles. The van der Waals surface area contributed by atoms with E-state index in [0.717, 1.165) is 10.6 Å². The molecule has 0 aliphatic carbocycles. The highest BCUT2D eigenvalue weighted by atomic mass is 32.1. The lowest BCUT2D eigenvalue weighted by atomic mass is 10.2. The smallest absolute Gasteiger partial charge is 0.183 e. The lowest BCUT2D eigenvalue weighted by Crippen LogP contribution is -2.02. The number of H-pyrrole nitrogens is 1. The molecular formula is C13H5F5N2S. The first kappa shape index (κ1) is 13.7. The van der Waals surface area contributed by atoms with Crippen LogP contribution in [-0.4, -0.2) is 9.55 Å². The van der Waals surface area contributed by atoms with Gasteiger partial charge in [-0.3, -0.25) is 4.57 Å². The molecule has 0 atom stereocenters. The fraction of sp³-hybridized carbons (Fsp3) is 0. The van der Waals surface area contributed by atoms with Crippen LogP contribution < -0.4 is 0 Å². The Morgan fingerprint density at radius 2 is 1.48 bits per heavy atom. The summed E-state index contributed by atoms with van der Waals surface area (Å²) < 4.78 is 68.0. The van der Waals surface area contributed by atoms with Gasteiger partial charge in [0.15, 0.2) is 22.2 Å². The molecule has 1 heterocycles. The SMILES string of the molecule is Fc1cc(F)c(F)c(-n2c(=S)[nH]c3c(F)cc(F)cc32)c1. The molecule has 1 aromatic heterocycles. The minimum absolute atomic E-state index is 0.165. The van der Waals surface area contributed by atoms with E-state index in [2.05, 4.69) is 4.98 Å². The van der Waals surface area contributed by atoms with Gasteiger partial charge in [-0.05, 0) is 12.2 Å². The van der Waals surface area contributed by atoms with Gasteiger partial charge in [0.25, 0.3) is 0 Å². The molecule has 0 saturated carbocycles. The Morgan fingerprint density at radius 3 is 2.19 bits per heavy atom. The summed E-state index contributed by atoms with van der Waals surface area (Å²) in [5, 5.41) is 0. The van der Waals surface area contributed by atoms with Gasteiger partial charge in [0.1, 0.15) is 17.2 Å². The van der Waals surface area contributed by atoms with E-state index in [4.69, 9.17) is 12.2 Å². The first-order valence-corrected chi connectivity index (χ1v) is 6.04. The summed E-state index contributed by atoms with van der Waals surface area (Å²) in [5.41, 5.74) is -0.930. The largest absolute Gasteiger partial charge is 0.328 e. The van der Waals surface area contributed by atoms with Crippen molar-refractivity contribution < 1.29 is 22.0 Å². The van der Waals surface area contributed by atoms with Crippen LogP contribution in [0.4, 0.5) is 22.0 Å². The monoisotopic (exact) mass is 316 g/mol. The number of imidazole rings is 1. The number of nitrogens with one attached hydrogen (secondary N) is 1. The van der Waals surface area contributed by atoms with Crippen LogP contribution in [0.15, 0.2) is 24.3 Å². The Bertz CT molecular complexity index is 928. The first-order chi connectivity index (χ1) is 9.88. The highest BCUT2D eigenvalue weighted by molar-refractivity contribution is 7.71. The summed E-state index contributed by atoms with van der Waals surface area (Å²) in [7, 11) is 0. The average molecular weight is 316 g/mol. The van der Waals surface area contributed by atoms with E-state index in [1.54, 1.807) is 0 Å². The van der Waals surface area contributed by atoms with E-state index in [9.17, 15) is 22.0 Å². The number of nitrogens with zero attached hydrogens (tertiary/aromatic N) is 1. The van der Waals surface area contributed by atoms with E-state index in [0.29, 0.717) is 18.2 Å². The number of benzene rings is 2. The van der Waals surface area contributed by atoms with Crippen LogP contribution in [0.5, 0.6) is 0 Å². The molecule has 0 bridgehead atoms. The quantitative estimate of drug-likeness (QED) is 0.401. The zero-order chi connectivity index (χ0) is 15.3. The van der Waals surface area contributed by atoms with Crippen LogP contribution in [0.3, 0.4) is 0 Å². The Labute approximate surface area is 119 Å². The Kier molecular flexibility index (Phi) is 3.05. The molecule has 3 aromatic rings. The van der Waals surface area contributed by atoms with Gasteiger partial charge in [-0.15, -0.1) is 0 Å². The Morgan fingerprint density at radius 1 is 0.857 bits per heavy atom. The second kappa shape index (κ2) is 4.66. The van der Waals surface area contributed by atoms with Gasteiger partial charge in [-0.25, -0.2) is 22.0 Å². The number of aromatic amines is 1. The van der Waals surface area contributed by atoms with Crippen molar-refractivity contribution in [2.75, 3.05) is 0 Å². The number of hydrogen-bond acceptors (Lipinski definition) is 1. The van der Waals surface area contributed by atoms with Gasteiger partial charge in [-0.2, -0.15) is 0 Å². The summed E-state index contributed by atoms with van der Waals surface area (Å²) in [6.07, 6.45) is 0. The number of fused-ring (bicyclic) bond motifs is 1. The summed E-state index contributed by atoms with van der Waals surface area (Å²) >= 11 is 4.89. The van der Waals surface area contributed by atoms with Crippen molar-refractivity contribution in [3.8, 4) is 5.69 Å².